The molecule has 0 bridgehead atoms. The molecule has 1 aromatic rings. The summed E-state index contributed by atoms with van der Waals surface area (Å²) in [6.45, 7) is 3.38. The van der Waals surface area contributed by atoms with E-state index in [1.54, 1.807) is 18.2 Å². The lowest BCUT2D eigenvalue weighted by Crippen LogP contribution is -2.09. The van der Waals surface area contributed by atoms with Crippen molar-refractivity contribution in [2.24, 2.45) is 0 Å². The highest BCUT2D eigenvalue weighted by molar-refractivity contribution is 7.47. The number of carboxylic acids is 1. The molecule has 0 saturated heterocycles. The Morgan fingerprint density at radius 2 is 2.00 bits per heavy atom. The van der Waals surface area contributed by atoms with Crippen molar-refractivity contribution in [1.29, 1.82) is 0 Å². The van der Waals surface area contributed by atoms with Crippen LogP contribution in [0, 0.1) is 0 Å². The Balaban J connectivity index is 2.99. The average molecular weight is 226 g/mol. The molecule has 0 aliphatic heterocycles. The summed E-state index contributed by atoms with van der Waals surface area (Å²) < 4.78 is 11.0. The van der Waals surface area contributed by atoms with Crippen molar-refractivity contribution in [2.75, 3.05) is 0 Å². The smallest absolute Gasteiger partial charge is 0.331 e. The summed E-state index contributed by atoms with van der Waals surface area (Å²) in [6.07, 6.45) is 0.0858. The number of hydrogen-bond donors (Lipinski definition) is 2. The molecule has 0 saturated carbocycles. The van der Waals surface area contributed by atoms with Gasteiger partial charge in [0.05, 0.1) is 0 Å². The number of hydrogen-bond acceptors (Lipinski definition) is 2. The maximum Gasteiger partial charge on any atom is 0.331 e. The Bertz CT molecular complexity index is 425. The molecule has 2 N–H and O–H groups in total. The first kappa shape index (κ1) is 11.7. The van der Waals surface area contributed by atoms with Gasteiger partial charge in [-0.1, -0.05) is 24.8 Å². The molecule has 0 spiro atoms. The van der Waals surface area contributed by atoms with Crippen molar-refractivity contribution >= 4 is 19.3 Å². The predicted molar refractivity (Wildman–Crippen MR) is 57.8 cm³/mol. The molecule has 80 valence electrons. The van der Waals surface area contributed by atoms with Crippen molar-refractivity contribution in [3.8, 4) is 0 Å². The van der Waals surface area contributed by atoms with Crippen LogP contribution in [0.15, 0.2) is 36.4 Å². The van der Waals surface area contributed by atoms with E-state index in [1.807, 2.05) is 0 Å². The molecule has 0 fully saturated rings. The van der Waals surface area contributed by atoms with Crippen LogP contribution in [0.5, 0.6) is 0 Å². The van der Waals surface area contributed by atoms with E-state index in [4.69, 9.17) is 10.00 Å². The second kappa shape index (κ2) is 4.91. The monoisotopic (exact) mass is 226 g/mol. The van der Waals surface area contributed by atoms with Gasteiger partial charge in [0.25, 0.3) is 0 Å². The van der Waals surface area contributed by atoms with Gasteiger partial charge in [0.2, 0.25) is 8.03 Å². The van der Waals surface area contributed by atoms with Gasteiger partial charge in [-0.15, -0.1) is 0 Å². The third kappa shape index (κ3) is 3.05. The number of rotatable bonds is 4. The average Bonchev–Trinajstić information content (AvgIpc) is 2.18. The van der Waals surface area contributed by atoms with Crippen LogP contribution in [0.25, 0.3) is 0 Å². The maximum atomic E-state index is 11.0. The molecular formula is C10H11O4P. The van der Waals surface area contributed by atoms with Crippen molar-refractivity contribution in [1.82, 2.24) is 0 Å². The second-order valence-corrected chi connectivity index (χ2v) is 4.20. The van der Waals surface area contributed by atoms with Crippen LogP contribution in [0.1, 0.15) is 5.56 Å². The maximum absolute atomic E-state index is 11.0. The molecule has 4 nitrogen and oxygen atoms in total. The Labute approximate surface area is 87.7 Å². The first-order valence-electron chi connectivity index (χ1n) is 4.24. The van der Waals surface area contributed by atoms with E-state index in [1.165, 1.54) is 6.07 Å². The molecule has 15 heavy (non-hydrogen) atoms. The normalized spacial score (nSPS) is 12.1. The minimum Gasteiger partial charge on any atom is -0.478 e. The van der Waals surface area contributed by atoms with Gasteiger partial charge >= 0.3 is 5.97 Å². The van der Waals surface area contributed by atoms with E-state index < -0.39 is 14.0 Å². The summed E-state index contributed by atoms with van der Waals surface area (Å²) in [7, 11) is -2.80. The molecule has 5 heteroatoms. The summed E-state index contributed by atoms with van der Waals surface area (Å²) in [5.41, 5.74) is 0.544. The van der Waals surface area contributed by atoms with E-state index in [0.29, 0.717) is 10.9 Å². The third-order valence-corrected chi connectivity index (χ3v) is 2.90. The van der Waals surface area contributed by atoms with Crippen LogP contribution in [0.3, 0.4) is 0 Å². The fourth-order valence-corrected chi connectivity index (χ4v) is 1.87. The first-order chi connectivity index (χ1) is 7.02. The highest BCUT2D eigenvalue weighted by atomic mass is 31.1. The third-order valence-electron chi connectivity index (χ3n) is 1.95. The Morgan fingerprint density at radius 1 is 1.40 bits per heavy atom. The number of carbonyl (C=O) groups is 1. The van der Waals surface area contributed by atoms with Crippen LogP contribution in [-0.4, -0.2) is 16.0 Å². The van der Waals surface area contributed by atoms with Crippen LogP contribution in [0.2, 0.25) is 0 Å². The molecule has 0 aliphatic carbocycles. The molecule has 1 unspecified atom stereocenters. The van der Waals surface area contributed by atoms with E-state index in [0.717, 1.165) is 0 Å². The summed E-state index contributed by atoms with van der Waals surface area (Å²) >= 11 is 0. The SMILES string of the molecule is C=C(Cc1ccccc1[PH](=O)O)C(=O)O. The van der Waals surface area contributed by atoms with Crippen LogP contribution in [0.4, 0.5) is 0 Å². The fraction of sp³-hybridized carbons (Fsp3) is 0.100. The van der Waals surface area contributed by atoms with E-state index in [9.17, 15) is 9.36 Å². The fourth-order valence-electron chi connectivity index (χ4n) is 1.19. The summed E-state index contributed by atoms with van der Waals surface area (Å²) in [6, 6.07) is 6.48. The minimum absolute atomic E-state index is 0.00528. The molecule has 0 aromatic heterocycles. The highest BCUT2D eigenvalue weighted by Crippen LogP contribution is 2.17. The lowest BCUT2D eigenvalue weighted by Gasteiger charge is -2.05. The van der Waals surface area contributed by atoms with Crippen molar-refractivity contribution < 1.29 is 19.4 Å². The predicted octanol–water partition coefficient (Wildman–Crippen LogP) is 0.962. The highest BCUT2D eigenvalue weighted by Gasteiger charge is 2.10. The van der Waals surface area contributed by atoms with Gasteiger partial charge in [-0.2, -0.15) is 0 Å². The quantitative estimate of drug-likeness (QED) is 0.592. The Hall–Kier alpha value is -1.38. The number of aliphatic carboxylic acids is 1. The first-order valence-corrected chi connectivity index (χ1v) is 5.60. The van der Waals surface area contributed by atoms with Crippen LogP contribution < -0.4 is 5.30 Å². The van der Waals surface area contributed by atoms with Gasteiger partial charge in [-0.05, 0) is 11.6 Å². The lowest BCUT2D eigenvalue weighted by molar-refractivity contribution is -0.132. The van der Waals surface area contributed by atoms with Crippen molar-refractivity contribution in [2.45, 2.75) is 6.42 Å². The largest absolute Gasteiger partial charge is 0.478 e. The zero-order valence-electron chi connectivity index (χ0n) is 7.93. The van der Waals surface area contributed by atoms with E-state index in [2.05, 4.69) is 6.58 Å². The van der Waals surface area contributed by atoms with Crippen molar-refractivity contribution in [3.05, 3.63) is 42.0 Å². The Kier molecular flexibility index (Phi) is 3.83. The molecule has 0 aliphatic rings. The molecule has 1 atom stereocenters. The van der Waals surface area contributed by atoms with Crippen LogP contribution >= 0.6 is 8.03 Å². The summed E-state index contributed by atoms with van der Waals surface area (Å²) in [4.78, 5) is 19.6. The molecular weight excluding hydrogens is 215 g/mol. The van der Waals surface area contributed by atoms with Gasteiger partial charge < -0.3 is 10.00 Å². The van der Waals surface area contributed by atoms with Crippen molar-refractivity contribution in [3.63, 3.8) is 0 Å². The second-order valence-electron chi connectivity index (χ2n) is 3.05. The van der Waals surface area contributed by atoms with Gasteiger partial charge in [-0.25, -0.2) is 4.79 Å². The summed E-state index contributed by atoms with van der Waals surface area (Å²) in [5, 5.41) is 8.94. The molecule has 0 amide bonds. The lowest BCUT2D eigenvalue weighted by atomic mass is 10.1. The number of carboxylic acid groups (broad SMARTS) is 1. The molecule has 1 aromatic carbocycles. The zero-order chi connectivity index (χ0) is 11.4. The van der Waals surface area contributed by atoms with E-state index in [-0.39, 0.29) is 12.0 Å². The minimum atomic E-state index is -2.80. The number of benzene rings is 1. The van der Waals surface area contributed by atoms with Gasteiger partial charge in [0, 0.05) is 17.3 Å². The van der Waals surface area contributed by atoms with Gasteiger partial charge in [0.15, 0.2) is 0 Å². The molecule has 0 radical (unpaired) electrons. The molecule has 1 rings (SSSR count). The summed E-state index contributed by atoms with van der Waals surface area (Å²) in [5.74, 6) is -1.09. The van der Waals surface area contributed by atoms with E-state index >= 15 is 0 Å². The molecule has 0 heterocycles. The topological polar surface area (TPSA) is 74.6 Å². The van der Waals surface area contributed by atoms with Gasteiger partial charge in [-0.3, -0.25) is 4.57 Å². The zero-order valence-corrected chi connectivity index (χ0v) is 8.93. The standard InChI is InChI=1S/C10H11O4P/c1-7(10(11)12)6-8-4-2-3-5-9(8)15(13)14/h2-5,15H,1,6H2,(H,11,12)(H,13,14). The van der Waals surface area contributed by atoms with Crippen LogP contribution in [-0.2, 0) is 15.8 Å². The Morgan fingerprint density at radius 3 is 2.53 bits per heavy atom. The van der Waals surface area contributed by atoms with Gasteiger partial charge in [0.1, 0.15) is 0 Å².